The zero-order valence-electron chi connectivity index (χ0n) is 12.2. The summed E-state index contributed by atoms with van der Waals surface area (Å²) in [6.45, 7) is 0.578. The van der Waals surface area contributed by atoms with Gasteiger partial charge in [-0.05, 0) is 24.1 Å². The highest BCUT2D eigenvalue weighted by molar-refractivity contribution is 6.60. The predicted octanol–water partition coefficient (Wildman–Crippen LogP) is 1.01. The van der Waals surface area contributed by atoms with Gasteiger partial charge in [0.15, 0.2) is 0 Å². The predicted molar refractivity (Wildman–Crippen MR) is 77.2 cm³/mol. The number of amides is 1. The highest BCUT2D eigenvalue weighted by atomic mass is 28.4. The molecule has 0 saturated carbocycles. The summed E-state index contributed by atoms with van der Waals surface area (Å²) in [7, 11) is 2.23. The molecule has 6 nitrogen and oxygen atoms in total. The lowest BCUT2D eigenvalue weighted by atomic mass is 10.2. The molecule has 20 heavy (non-hydrogen) atoms. The Morgan fingerprint density at radius 2 is 1.80 bits per heavy atom. The van der Waals surface area contributed by atoms with E-state index in [2.05, 4.69) is 10.3 Å². The molecule has 0 aromatic carbocycles. The fourth-order valence-electron chi connectivity index (χ4n) is 1.84. The maximum atomic E-state index is 11.7. The van der Waals surface area contributed by atoms with E-state index in [1.165, 1.54) is 0 Å². The molecule has 7 heteroatoms. The Bertz CT molecular complexity index is 390. The van der Waals surface area contributed by atoms with Crippen LogP contribution < -0.4 is 5.32 Å². The molecule has 0 bridgehead atoms. The van der Waals surface area contributed by atoms with Gasteiger partial charge in [-0.25, -0.2) is 0 Å². The van der Waals surface area contributed by atoms with Crippen molar-refractivity contribution in [2.24, 2.45) is 0 Å². The fraction of sp³-hybridized carbons (Fsp3) is 0.538. The van der Waals surface area contributed by atoms with Crippen molar-refractivity contribution in [3.63, 3.8) is 0 Å². The number of carbonyl (C=O) groups excluding carboxylic acids is 1. The summed E-state index contributed by atoms with van der Waals surface area (Å²) < 4.78 is 15.9. The number of aromatic nitrogens is 1. The van der Waals surface area contributed by atoms with Gasteiger partial charge in [-0.3, -0.25) is 9.78 Å². The normalized spacial score (nSPS) is 11.3. The Balaban J connectivity index is 2.25. The Labute approximate surface area is 120 Å². The van der Waals surface area contributed by atoms with Crippen LogP contribution in [0.25, 0.3) is 0 Å². The van der Waals surface area contributed by atoms with Crippen LogP contribution in [0.15, 0.2) is 24.5 Å². The van der Waals surface area contributed by atoms with Gasteiger partial charge in [0, 0.05) is 46.3 Å². The van der Waals surface area contributed by atoms with Crippen molar-refractivity contribution in [3.05, 3.63) is 30.1 Å². The minimum absolute atomic E-state index is 0.00397. The van der Waals surface area contributed by atoms with E-state index < -0.39 is 8.80 Å². The Morgan fingerprint density at radius 3 is 2.35 bits per heavy atom. The van der Waals surface area contributed by atoms with Crippen molar-refractivity contribution in [2.75, 3.05) is 27.9 Å². The number of hydrogen-bond donors (Lipinski definition) is 1. The van der Waals surface area contributed by atoms with Crippen molar-refractivity contribution in [2.45, 2.75) is 18.9 Å². The number of carbonyl (C=O) groups is 1. The van der Waals surface area contributed by atoms with Crippen LogP contribution in [0.2, 0.25) is 6.04 Å². The molecule has 0 fully saturated rings. The van der Waals surface area contributed by atoms with Gasteiger partial charge in [0.25, 0.3) is 0 Å². The first-order chi connectivity index (χ1) is 9.65. The molecule has 1 amide bonds. The van der Waals surface area contributed by atoms with Crippen LogP contribution >= 0.6 is 0 Å². The first kappa shape index (κ1) is 16.8. The van der Waals surface area contributed by atoms with Gasteiger partial charge in [-0.2, -0.15) is 0 Å². The molecule has 1 aromatic rings. The fourth-order valence-corrected chi connectivity index (χ4v) is 3.56. The third-order valence-electron chi connectivity index (χ3n) is 3.03. The molecular formula is C13H22N2O4Si. The zero-order chi connectivity index (χ0) is 14.8. The molecule has 0 radical (unpaired) electrons. The lowest BCUT2D eigenvalue weighted by Gasteiger charge is -2.24. The maximum absolute atomic E-state index is 11.7. The van der Waals surface area contributed by atoms with Crippen molar-refractivity contribution in [1.82, 2.24) is 10.3 Å². The van der Waals surface area contributed by atoms with Gasteiger partial charge in [0.05, 0.1) is 6.42 Å². The second kappa shape index (κ2) is 8.80. The molecule has 0 aliphatic heterocycles. The Hall–Kier alpha value is -1.28. The average molecular weight is 298 g/mol. The van der Waals surface area contributed by atoms with E-state index in [-0.39, 0.29) is 5.91 Å². The van der Waals surface area contributed by atoms with E-state index in [1.54, 1.807) is 33.7 Å². The Morgan fingerprint density at radius 1 is 1.20 bits per heavy atom. The van der Waals surface area contributed by atoms with Crippen LogP contribution in [0.1, 0.15) is 12.0 Å². The minimum atomic E-state index is -2.52. The zero-order valence-corrected chi connectivity index (χ0v) is 13.2. The molecule has 1 rings (SSSR count). The van der Waals surface area contributed by atoms with Crippen LogP contribution in [-0.4, -0.2) is 47.6 Å². The summed E-state index contributed by atoms with van der Waals surface area (Å²) in [4.78, 5) is 15.6. The number of rotatable bonds is 9. The molecule has 0 aliphatic rings. The molecule has 112 valence electrons. The van der Waals surface area contributed by atoms with E-state index in [0.29, 0.717) is 19.0 Å². The van der Waals surface area contributed by atoms with Crippen molar-refractivity contribution in [3.8, 4) is 0 Å². The molecule has 0 aliphatic carbocycles. The number of nitrogens with one attached hydrogen (secondary N) is 1. The van der Waals surface area contributed by atoms with Crippen LogP contribution in [0.5, 0.6) is 0 Å². The quantitative estimate of drug-likeness (QED) is 0.544. The summed E-state index contributed by atoms with van der Waals surface area (Å²) in [5, 5.41) is 2.87. The smallest absolute Gasteiger partial charge is 0.377 e. The van der Waals surface area contributed by atoms with Gasteiger partial charge < -0.3 is 18.6 Å². The van der Waals surface area contributed by atoms with Gasteiger partial charge in [0.1, 0.15) is 0 Å². The van der Waals surface area contributed by atoms with E-state index >= 15 is 0 Å². The highest BCUT2D eigenvalue weighted by Gasteiger charge is 2.36. The second-order valence-corrected chi connectivity index (χ2v) is 7.37. The second-order valence-electron chi connectivity index (χ2n) is 4.28. The summed E-state index contributed by atoms with van der Waals surface area (Å²) in [5.41, 5.74) is 0.951. The molecule has 0 unspecified atom stereocenters. The van der Waals surface area contributed by atoms with Gasteiger partial charge in [0.2, 0.25) is 5.91 Å². The lowest BCUT2D eigenvalue weighted by Crippen LogP contribution is -2.43. The third-order valence-corrected chi connectivity index (χ3v) is 5.86. The lowest BCUT2D eigenvalue weighted by molar-refractivity contribution is -0.120. The molecule has 1 aromatic heterocycles. The van der Waals surface area contributed by atoms with E-state index in [9.17, 15) is 4.79 Å². The number of hydrogen-bond acceptors (Lipinski definition) is 5. The van der Waals surface area contributed by atoms with E-state index in [1.807, 2.05) is 12.1 Å². The standard InChI is InChI=1S/C13H22N2O4Si/c1-17-20(18-2,19-3)10-4-7-15-13(16)11-12-5-8-14-9-6-12/h5-6,8-9H,4,7,10-11H2,1-3H3,(H,15,16). The largest absolute Gasteiger partial charge is 0.500 e. The average Bonchev–Trinajstić information content (AvgIpc) is 2.49. The first-order valence-electron chi connectivity index (χ1n) is 6.47. The maximum Gasteiger partial charge on any atom is 0.500 e. The monoisotopic (exact) mass is 298 g/mol. The molecule has 0 atom stereocenters. The summed E-state index contributed by atoms with van der Waals surface area (Å²) in [6.07, 6.45) is 4.48. The molecule has 1 heterocycles. The van der Waals surface area contributed by atoms with Crippen LogP contribution in [0, 0.1) is 0 Å². The molecular weight excluding hydrogens is 276 g/mol. The van der Waals surface area contributed by atoms with Gasteiger partial charge in [-0.15, -0.1) is 0 Å². The molecule has 1 N–H and O–H groups in total. The molecule has 0 spiro atoms. The highest BCUT2D eigenvalue weighted by Crippen LogP contribution is 2.14. The van der Waals surface area contributed by atoms with E-state index in [4.69, 9.17) is 13.3 Å². The van der Waals surface area contributed by atoms with Gasteiger partial charge >= 0.3 is 8.80 Å². The van der Waals surface area contributed by atoms with Gasteiger partial charge in [-0.1, -0.05) is 0 Å². The van der Waals surface area contributed by atoms with Crippen LogP contribution in [0.4, 0.5) is 0 Å². The van der Waals surface area contributed by atoms with Crippen molar-refractivity contribution >= 4 is 14.7 Å². The van der Waals surface area contributed by atoms with Crippen LogP contribution in [-0.2, 0) is 24.5 Å². The molecule has 0 saturated heterocycles. The SMILES string of the molecule is CO[Si](CCCNC(=O)Cc1ccncc1)(OC)OC. The van der Waals surface area contributed by atoms with Crippen molar-refractivity contribution < 1.29 is 18.1 Å². The number of pyridine rings is 1. The summed E-state index contributed by atoms with van der Waals surface area (Å²) in [6, 6.07) is 4.34. The van der Waals surface area contributed by atoms with E-state index in [0.717, 1.165) is 12.0 Å². The van der Waals surface area contributed by atoms with Crippen LogP contribution in [0.3, 0.4) is 0 Å². The minimum Gasteiger partial charge on any atom is -0.377 e. The first-order valence-corrected chi connectivity index (χ1v) is 8.40. The summed E-state index contributed by atoms with van der Waals surface area (Å²) in [5.74, 6) is -0.00397. The third kappa shape index (κ3) is 5.38. The topological polar surface area (TPSA) is 69.7 Å². The Kier molecular flexibility index (Phi) is 7.38. The summed E-state index contributed by atoms with van der Waals surface area (Å²) >= 11 is 0. The van der Waals surface area contributed by atoms with Crippen molar-refractivity contribution in [1.29, 1.82) is 0 Å². The number of nitrogens with zero attached hydrogens (tertiary/aromatic N) is 1.